The summed E-state index contributed by atoms with van der Waals surface area (Å²) >= 11 is 5.94. The molecule has 1 aliphatic heterocycles. The summed E-state index contributed by atoms with van der Waals surface area (Å²) < 4.78 is 0. The molecule has 0 spiro atoms. The van der Waals surface area contributed by atoms with Crippen molar-refractivity contribution in [1.82, 2.24) is 10.9 Å². The second-order valence-corrected chi connectivity index (χ2v) is 4.71. The molecule has 0 bridgehead atoms. The third kappa shape index (κ3) is 3.42. The van der Waals surface area contributed by atoms with Gasteiger partial charge in [0.25, 0.3) is 0 Å². The molecule has 1 atom stereocenters. The lowest BCUT2D eigenvalue weighted by Crippen LogP contribution is -2.29. The van der Waals surface area contributed by atoms with Gasteiger partial charge in [-0.25, -0.2) is 10.9 Å². The largest absolute Gasteiger partial charge is 0.273 e. The van der Waals surface area contributed by atoms with Gasteiger partial charge in [-0.05, 0) is 13.0 Å². The molecule has 1 aliphatic rings. The first-order valence-electron chi connectivity index (χ1n) is 5.98. The van der Waals surface area contributed by atoms with Crippen LogP contribution in [0.25, 0.3) is 0 Å². The number of halogens is 1. The number of amides is 2. The van der Waals surface area contributed by atoms with Gasteiger partial charge in [-0.2, -0.15) is 10.2 Å². The lowest BCUT2D eigenvalue weighted by Gasteiger charge is -2.05. The van der Waals surface area contributed by atoms with E-state index >= 15 is 0 Å². The van der Waals surface area contributed by atoms with Crippen molar-refractivity contribution >= 4 is 35.3 Å². The minimum Gasteiger partial charge on any atom is -0.273 e. The summed E-state index contributed by atoms with van der Waals surface area (Å²) in [6, 6.07) is 7.13. The van der Waals surface area contributed by atoms with E-state index in [1.807, 2.05) is 6.07 Å². The maximum atomic E-state index is 11.7. The molecule has 104 valence electrons. The number of carbonyl (C=O) groups is 2. The molecule has 2 rings (SSSR count). The first-order chi connectivity index (χ1) is 9.58. The molecule has 0 saturated heterocycles. The van der Waals surface area contributed by atoms with E-state index in [2.05, 4.69) is 21.1 Å². The Balaban J connectivity index is 1.88. The Kier molecular flexibility index (Phi) is 4.47. The van der Waals surface area contributed by atoms with E-state index in [-0.39, 0.29) is 18.2 Å². The number of benzene rings is 1. The predicted molar refractivity (Wildman–Crippen MR) is 76.5 cm³/mol. The van der Waals surface area contributed by atoms with Crippen LogP contribution in [0.5, 0.6) is 0 Å². The Morgan fingerprint density at radius 3 is 2.95 bits per heavy atom. The molecule has 7 heteroatoms. The first-order valence-corrected chi connectivity index (χ1v) is 6.36. The van der Waals surface area contributed by atoms with Gasteiger partial charge in [0.05, 0.1) is 12.1 Å². The Labute approximate surface area is 120 Å². The van der Waals surface area contributed by atoms with E-state index in [9.17, 15) is 9.59 Å². The van der Waals surface area contributed by atoms with E-state index in [1.165, 1.54) is 6.21 Å². The number of carbonyl (C=O) groups excluding carboxylic acids is 2. The summed E-state index contributed by atoms with van der Waals surface area (Å²) in [5, 5.41) is 8.13. The van der Waals surface area contributed by atoms with Crippen molar-refractivity contribution in [3.63, 3.8) is 0 Å². The molecule has 6 nitrogen and oxygen atoms in total. The number of hydrogen-bond acceptors (Lipinski definition) is 4. The zero-order chi connectivity index (χ0) is 14.5. The number of hydrogen-bond donors (Lipinski definition) is 2. The third-order valence-electron chi connectivity index (χ3n) is 2.85. The van der Waals surface area contributed by atoms with E-state index < -0.39 is 5.92 Å². The Morgan fingerprint density at radius 1 is 1.55 bits per heavy atom. The highest BCUT2D eigenvalue weighted by atomic mass is 35.5. The Bertz CT molecular complexity index is 598. The fourth-order valence-corrected chi connectivity index (χ4v) is 1.90. The minimum atomic E-state index is -0.523. The molecular weight excluding hydrogens is 280 g/mol. The van der Waals surface area contributed by atoms with Crippen molar-refractivity contribution < 1.29 is 9.59 Å². The number of nitrogens with one attached hydrogen (secondary N) is 2. The van der Waals surface area contributed by atoms with Gasteiger partial charge >= 0.3 is 0 Å². The van der Waals surface area contributed by atoms with Crippen LogP contribution in [-0.2, 0) is 9.59 Å². The Morgan fingerprint density at radius 2 is 2.30 bits per heavy atom. The summed E-state index contributed by atoms with van der Waals surface area (Å²) in [4.78, 5) is 23.1. The van der Waals surface area contributed by atoms with Crippen LogP contribution >= 0.6 is 11.6 Å². The summed E-state index contributed by atoms with van der Waals surface area (Å²) in [6.07, 6.45) is 1.47. The van der Waals surface area contributed by atoms with E-state index in [0.29, 0.717) is 16.3 Å². The predicted octanol–water partition coefficient (Wildman–Crippen LogP) is 1.30. The van der Waals surface area contributed by atoms with Crippen LogP contribution in [0.1, 0.15) is 18.9 Å². The maximum Gasteiger partial charge on any atom is 0.249 e. The molecule has 0 radical (unpaired) electrons. The molecule has 0 saturated carbocycles. The molecule has 1 aromatic carbocycles. The van der Waals surface area contributed by atoms with Crippen molar-refractivity contribution in [2.45, 2.75) is 13.3 Å². The van der Waals surface area contributed by atoms with Crippen molar-refractivity contribution in [2.24, 2.45) is 16.1 Å². The molecule has 0 fully saturated rings. The average molecular weight is 293 g/mol. The molecular formula is C13H13ClN4O2. The van der Waals surface area contributed by atoms with E-state index in [4.69, 9.17) is 11.6 Å². The highest BCUT2D eigenvalue weighted by Gasteiger charge is 2.28. The van der Waals surface area contributed by atoms with E-state index in [0.717, 1.165) is 0 Å². The zero-order valence-electron chi connectivity index (χ0n) is 10.8. The number of nitrogens with zero attached hydrogens (tertiary/aromatic N) is 2. The maximum absolute atomic E-state index is 11.7. The molecule has 0 aromatic heterocycles. The second-order valence-electron chi connectivity index (χ2n) is 4.30. The van der Waals surface area contributed by atoms with Gasteiger partial charge in [0.1, 0.15) is 0 Å². The fraction of sp³-hybridized carbons (Fsp3) is 0.231. The van der Waals surface area contributed by atoms with Crippen LogP contribution in [0.3, 0.4) is 0 Å². The van der Waals surface area contributed by atoms with Gasteiger partial charge in [-0.3, -0.25) is 9.59 Å². The minimum absolute atomic E-state index is 0.0149. The van der Waals surface area contributed by atoms with Gasteiger partial charge in [0.15, 0.2) is 0 Å². The van der Waals surface area contributed by atoms with Gasteiger partial charge in [-0.15, -0.1) is 0 Å². The lowest BCUT2D eigenvalue weighted by atomic mass is 10.0. The van der Waals surface area contributed by atoms with Crippen molar-refractivity contribution in [2.75, 3.05) is 0 Å². The quantitative estimate of drug-likeness (QED) is 0.648. The van der Waals surface area contributed by atoms with E-state index in [1.54, 1.807) is 25.1 Å². The second kappa shape index (κ2) is 6.29. The summed E-state index contributed by atoms with van der Waals surface area (Å²) in [5.74, 6) is -1.15. The molecule has 2 amide bonds. The van der Waals surface area contributed by atoms with Crippen molar-refractivity contribution in [3.05, 3.63) is 34.9 Å². The smallest absolute Gasteiger partial charge is 0.249 e. The summed E-state index contributed by atoms with van der Waals surface area (Å²) in [5.41, 5.74) is 5.99. The number of hydrazone groups is 2. The first kappa shape index (κ1) is 14.2. The van der Waals surface area contributed by atoms with Crippen LogP contribution in [0.4, 0.5) is 0 Å². The van der Waals surface area contributed by atoms with Crippen LogP contribution < -0.4 is 10.9 Å². The molecule has 20 heavy (non-hydrogen) atoms. The van der Waals surface area contributed by atoms with Crippen LogP contribution in [0.2, 0.25) is 5.02 Å². The molecule has 1 aromatic rings. The van der Waals surface area contributed by atoms with Gasteiger partial charge in [-0.1, -0.05) is 29.8 Å². The highest BCUT2D eigenvalue weighted by molar-refractivity contribution is 6.33. The van der Waals surface area contributed by atoms with Gasteiger partial charge in [0.2, 0.25) is 11.8 Å². The fourth-order valence-electron chi connectivity index (χ4n) is 1.71. The van der Waals surface area contributed by atoms with Crippen molar-refractivity contribution in [1.29, 1.82) is 0 Å². The van der Waals surface area contributed by atoms with Crippen LogP contribution in [0, 0.1) is 5.92 Å². The van der Waals surface area contributed by atoms with Gasteiger partial charge in [0, 0.05) is 22.7 Å². The summed E-state index contributed by atoms with van der Waals surface area (Å²) in [6.45, 7) is 1.70. The monoisotopic (exact) mass is 292 g/mol. The van der Waals surface area contributed by atoms with Gasteiger partial charge < -0.3 is 0 Å². The third-order valence-corrected chi connectivity index (χ3v) is 3.20. The SMILES string of the molecule is CC1=NNC(=O)[C@H]1CC(=O)N/N=C\c1ccccc1Cl. The lowest BCUT2D eigenvalue weighted by molar-refractivity contribution is -0.127. The molecule has 2 N–H and O–H groups in total. The molecule has 0 aliphatic carbocycles. The molecule has 0 unspecified atom stereocenters. The number of rotatable bonds is 4. The average Bonchev–Trinajstić information content (AvgIpc) is 2.73. The van der Waals surface area contributed by atoms with Crippen molar-refractivity contribution in [3.8, 4) is 0 Å². The molecule has 1 heterocycles. The van der Waals surface area contributed by atoms with Crippen LogP contribution in [0.15, 0.2) is 34.5 Å². The van der Waals surface area contributed by atoms with Crippen LogP contribution in [-0.4, -0.2) is 23.7 Å². The summed E-state index contributed by atoms with van der Waals surface area (Å²) in [7, 11) is 0. The zero-order valence-corrected chi connectivity index (χ0v) is 11.5. The normalized spacial score (nSPS) is 18.0. The topological polar surface area (TPSA) is 82.9 Å². The highest BCUT2D eigenvalue weighted by Crippen LogP contribution is 2.13. The Hall–Kier alpha value is -2.21. The standard InChI is InChI=1S/C13H13ClN4O2/c1-8-10(13(20)18-16-8)6-12(19)17-15-7-9-4-2-3-5-11(9)14/h2-5,7,10H,6H2,1H3,(H,17,19)(H,18,20)/b15-7-/t10-/m0/s1.